The van der Waals surface area contributed by atoms with Gasteiger partial charge in [-0.2, -0.15) is 0 Å². The summed E-state index contributed by atoms with van der Waals surface area (Å²) in [5.74, 6) is 0.424. The molecule has 0 saturated heterocycles. The second kappa shape index (κ2) is 7.03. The first-order valence-electron chi connectivity index (χ1n) is 8.69. The van der Waals surface area contributed by atoms with E-state index in [1.54, 1.807) is 30.5 Å². The van der Waals surface area contributed by atoms with Crippen LogP contribution in [0.5, 0.6) is 5.75 Å². The standard InChI is InChI=1S/C22H18FN3O/c1-14-10-12-24-19(13-14)26-21(16-6-2-3-7-18(16)23)17-9-8-15-5-4-11-25-20(15)22(17)27/h2-13,21,27H,1H3,(H,24,26)/p+1/t21-/m0/s1. The molecule has 2 heterocycles. The molecular weight excluding hydrogens is 341 g/mol. The number of nitrogens with zero attached hydrogens (tertiary/aromatic N) is 1. The van der Waals surface area contributed by atoms with Gasteiger partial charge in [0.1, 0.15) is 17.1 Å². The lowest BCUT2D eigenvalue weighted by Gasteiger charge is -2.18. The maximum absolute atomic E-state index is 14.6. The van der Waals surface area contributed by atoms with Crippen LogP contribution in [0.4, 0.5) is 10.2 Å². The van der Waals surface area contributed by atoms with Crippen LogP contribution < -0.4 is 10.3 Å². The van der Waals surface area contributed by atoms with E-state index in [0.29, 0.717) is 16.6 Å². The molecule has 0 spiro atoms. The van der Waals surface area contributed by atoms with E-state index in [2.05, 4.69) is 15.3 Å². The molecule has 134 valence electrons. The highest BCUT2D eigenvalue weighted by Gasteiger charge is 2.26. The van der Waals surface area contributed by atoms with E-state index in [-0.39, 0.29) is 11.6 Å². The van der Waals surface area contributed by atoms with Crippen LogP contribution in [0.25, 0.3) is 10.9 Å². The van der Waals surface area contributed by atoms with Crippen molar-refractivity contribution in [2.45, 2.75) is 13.0 Å². The van der Waals surface area contributed by atoms with Gasteiger partial charge in [-0.05, 0) is 36.8 Å². The van der Waals surface area contributed by atoms with Crippen molar-refractivity contribution in [3.63, 3.8) is 0 Å². The van der Waals surface area contributed by atoms with Gasteiger partial charge < -0.3 is 5.11 Å². The smallest absolute Gasteiger partial charge is 0.273 e. The Balaban J connectivity index is 1.88. The van der Waals surface area contributed by atoms with Crippen molar-refractivity contribution < 1.29 is 14.5 Å². The van der Waals surface area contributed by atoms with E-state index in [1.165, 1.54) is 6.07 Å². The Kier molecular flexibility index (Phi) is 4.42. The molecule has 0 amide bonds. The van der Waals surface area contributed by atoms with Gasteiger partial charge in [-0.3, -0.25) is 10.3 Å². The van der Waals surface area contributed by atoms with Crippen LogP contribution in [0.2, 0.25) is 0 Å². The highest BCUT2D eigenvalue weighted by atomic mass is 19.1. The van der Waals surface area contributed by atoms with Gasteiger partial charge in [0.15, 0.2) is 6.04 Å². The number of phenolic OH excluding ortho intramolecular Hbond substituents is 1. The number of aromatic amines is 1. The second-order valence-electron chi connectivity index (χ2n) is 6.46. The Hall–Kier alpha value is -3.47. The topological polar surface area (TPSA) is 59.3 Å². The molecule has 3 N–H and O–H groups in total. The van der Waals surface area contributed by atoms with Crippen molar-refractivity contribution >= 4 is 16.7 Å². The third-order valence-corrected chi connectivity index (χ3v) is 4.56. The number of halogens is 1. The molecule has 4 nitrogen and oxygen atoms in total. The van der Waals surface area contributed by atoms with Gasteiger partial charge in [0.05, 0.1) is 6.20 Å². The van der Waals surface area contributed by atoms with Gasteiger partial charge in [-0.25, -0.2) is 9.37 Å². The first-order valence-corrected chi connectivity index (χ1v) is 8.69. The monoisotopic (exact) mass is 360 g/mol. The predicted molar refractivity (Wildman–Crippen MR) is 103 cm³/mol. The molecule has 0 radical (unpaired) electrons. The van der Waals surface area contributed by atoms with E-state index in [9.17, 15) is 9.50 Å². The van der Waals surface area contributed by atoms with Crippen molar-refractivity contribution in [1.29, 1.82) is 0 Å². The number of hydrogen-bond donors (Lipinski definition) is 2. The van der Waals surface area contributed by atoms with Crippen LogP contribution in [0.1, 0.15) is 22.7 Å². The molecule has 4 rings (SSSR count). The van der Waals surface area contributed by atoms with Crippen molar-refractivity contribution in [1.82, 2.24) is 4.98 Å². The zero-order valence-corrected chi connectivity index (χ0v) is 14.8. The van der Waals surface area contributed by atoms with E-state index < -0.39 is 6.04 Å². The molecule has 27 heavy (non-hydrogen) atoms. The SMILES string of the molecule is Cc1cc[nH+]c(N[C@@H](c2ccccc2F)c2ccc3cccnc3c2O)c1. The molecule has 0 bridgehead atoms. The largest absolute Gasteiger partial charge is 0.505 e. The number of pyridine rings is 2. The first-order chi connectivity index (χ1) is 13.1. The summed E-state index contributed by atoms with van der Waals surface area (Å²) < 4.78 is 14.6. The highest BCUT2D eigenvalue weighted by molar-refractivity contribution is 5.86. The Morgan fingerprint density at radius 1 is 1.04 bits per heavy atom. The number of phenols is 1. The number of aromatic nitrogens is 2. The maximum Gasteiger partial charge on any atom is 0.273 e. The normalized spacial score (nSPS) is 12.1. The third-order valence-electron chi connectivity index (χ3n) is 4.56. The minimum absolute atomic E-state index is 0.0431. The summed E-state index contributed by atoms with van der Waals surface area (Å²) in [7, 11) is 0. The molecule has 1 atom stereocenters. The molecule has 2 aromatic carbocycles. The summed E-state index contributed by atoms with van der Waals surface area (Å²) in [6, 6.07) is 17.2. The molecule has 0 aliphatic carbocycles. The van der Waals surface area contributed by atoms with Crippen molar-refractivity contribution in [2.75, 3.05) is 5.32 Å². The minimum Gasteiger partial charge on any atom is -0.505 e. The van der Waals surface area contributed by atoms with Gasteiger partial charge >= 0.3 is 0 Å². The van der Waals surface area contributed by atoms with Gasteiger partial charge in [-0.15, -0.1) is 0 Å². The number of benzene rings is 2. The van der Waals surface area contributed by atoms with E-state index >= 15 is 0 Å². The average molecular weight is 360 g/mol. The molecule has 0 aliphatic rings. The summed E-state index contributed by atoms with van der Waals surface area (Å²) in [5, 5.41) is 15.0. The number of rotatable bonds is 4. The number of hydrogen-bond acceptors (Lipinski definition) is 3. The van der Waals surface area contributed by atoms with Crippen LogP contribution in [0.3, 0.4) is 0 Å². The number of fused-ring (bicyclic) bond motifs is 1. The van der Waals surface area contributed by atoms with Crippen molar-refractivity contribution in [2.24, 2.45) is 0 Å². The first kappa shape index (κ1) is 17.0. The quantitative estimate of drug-likeness (QED) is 0.567. The Morgan fingerprint density at radius 3 is 2.70 bits per heavy atom. The third kappa shape index (κ3) is 3.31. The lowest BCUT2D eigenvalue weighted by atomic mass is 9.95. The zero-order chi connectivity index (χ0) is 18.8. The predicted octanol–water partition coefficient (Wildman–Crippen LogP) is 4.40. The Bertz CT molecular complexity index is 1110. The minimum atomic E-state index is -0.587. The second-order valence-corrected chi connectivity index (χ2v) is 6.46. The highest BCUT2D eigenvalue weighted by Crippen LogP contribution is 2.36. The zero-order valence-electron chi connectivity index (χ0n) is 14.8. The molecule has 0 saturated carbocycles. The lowest BCUT2D eigenvalue weighted by Crippen LogP contribution is -2.20. The number of nitrogens with one attached hydrogen (secondary N) is 2. The summed E-state index contributed by atoms with van der Waals surface area (Å²) in [4.78, 5) is 7.41. The van der Waals surface area contributed by atoms with E-state index in [4.69, 9.17) is 0 Å². The van der Waals surface area contributed by atoms with Crippen LogP contribution >= 0.6 is 0 Å². The van der Waals surface area contributed by atoms with Crippen molar-refractivity contribution in [3.8, 4) is 5.75 Å². The van der Waals surface area contributed by atoms with Gasteiger partial charge in [0.2, 0.25) is 0 Å². The fraction of sp³-hybridized carbons (Fsp3) is 0.0909. The molecular formula is C22H19FN3O+. The summed E-state index contributed by atoms with van der Waals surface area (Å²) in [6.07, 6.45) is 3.45. The molecule has 0 unspecified atom stereocenters. The maximum atomic E-state index is 14.6. The fourth-order valence-electron chi connectivity index (χ4n) is 3.23. The summed E-state index contributed by atoms with van der Waals surface area (Å²) in [6.45, 7) is 1.98. The van der Waals surface area contributed by atoms with Gasteiger partial charge in [-0.1, -0.05) is 30.3 Å². The van der Waals surface area contributed by atoms with Crippen LogP contribution in [0, 0.1) is 12.7 Å². The molecule has 4 aromatic rings. The van der Waals surface area contributed by atoms with Crippen molar-refractivity contribution in [3.05, 3.63) is 95.6 Å². The number of anilines is 1. The Morgan fingerprint density at radius 2 is 1.89 bits per heavy atom. The van der Waals surface area contributed by atoms with Crippen LogP contribution in [-0.4, -0.2) is 10.1 Å². The molecule has 0 aliphatic heterocycles. The Labute approximate surface area is 156 Å². The molecule has 2 aromatic heterocycles. The van der Waals surface area contributed by atoms with Crippen LogP contribution in [0.15, 0.2) is 73.1 Å². The van der Waals surface area contributed by atoms with Crippen LogP contribution in [-0.2, 0) is 0 Å². The molecule has 5 heteroatoms. The van der Waals surface area contributed by atoms with E-state index in [0.717, 1.165) is 16.8 Å². The average Bonchev–Trinajstić information content (AvgIpc) is 2.68. The lowest BCUT2D eigenvalue weighted by molar-refractivity contribution is -0.361. The number of H-pyrrole nitrogens is 1. The van der Waals surface area contributed by atoms with Gasteiger partial charge in [0, 0.05) is 28.8 Å². The van der Waals surface area contributed by atoms with E-state index in [1.807, 2.05) is 43.5 Å². The summed E-state index contributed by atoms with van der Waals surface area (Å²) >= 11 is 0. The number of aromatic hydroxyl groups is 1. The summed E-state index contributed by atoms with van der Waals surface area (Å²) in [5.41, 5.74) is 2.55. The number of aryl methyl sites for hydroxylation is 1. The van der Waals surface area contributed by atoms with Gasteiger partial charge in [0.25, 0.3) is 5.82 Å². The molecule has 0 fully saturated rings. The fourth-order valence-corrected chi connectivity index (χ4v) is 3.23.